The molecule has 0 atom stereocenters. The summed E-state index contributed by atoms with van der Waals surface area (Å²) >= 11 is 5.97. The molecule has 6 nitrogen and oxygen atoms in total. The van der Waals surface area contributed by atoms with Crippen molar-refractivity contribution in [3.8, 4) is 0 Å². The first kappa shape index (κ1) is 19.3. The molecule has 0 bridgehead atoms. The largest absolute Gasteiger partial charge is 0.486 e. The standard InChI is InChI=1S/C18H25ClN4O2/c1-3-23(12-21)15(10-20)16(25-11-18(2)7-8-18)17(24)22-14-6-4-5-13(19)9-14/h4-6,9-10,20H,3,7-8,11-12,21H2,1-2H3,(H,22,24)/b16-15-,20-10?. The lowest BCUT2D eigenvalue weighted by molar-refractivity contribution is -0.116. The van der Waals surface area contributed by atoms with Gasteiger partial charge in [-0.15, -0.1) is 0 Å². The highest BCUT2D eigenvalue weighted by Gasteiger charge is 2.39. The van der Waals surface area contributed by atoms with E-state index in [9.17, 15) is 4.79 Å². The quantitative estimate of drug-likeness (QED) is 0.271. The minimum Gasteiger partial charge on any atom is -0.486 e. The minimum atomic E-state index is -0.420. The van der Waals surface area contributed by atoms with Crippen LogP contribution in [-0.4, -0.2) is 36.8 Å². The van der Waals surface area contributed by atoms with Crippen LogP contribution in [0.5, 0.6) is 0 Å². The second-order valence-electron chi connectivity index (χ2n) is 6.46. The average Bonchev–Trinajstić information content (AvgIpc) is 3.32. The van der Waals surface area contributed by atoms with Crippen molar-refractivity contribution in [1.29, 1.82) is 5.41 Å². The molecule has 25 heavy (non-hydrogen) atoms. The maximum Gasteiger partial charge on any atom is 0.293 e. The number of anilines is 1. The van der Waals surface area contributed by atoms with Crippen molar-refractivity contribution < 1.29 is 9.53 Å². The van der Waals surface area contributed by atoms with Crippen molar-refractivity contribution in [2.45, 2.75) is 26.7 Å². The van der Waals surface area contributed by atoms with Crippen LogP contribution in [0.25, 0.3) is 0 Å². The van der Waals surface area contributed by atoms with Crippen molar-refractivity contribution in [2.75, 3.05) is 25.1 Å². The Kier molecular flexibility index (Phi) is 6.45. The summed E-state index contributed by atoms with van der Waals surface area (Å²) in [5.74, 6) is -0.313. The van der Waals surface area contributed by atoms with E-state index in [2.05, 4.69) is 12.2 Å². The maximum atomic E-state index is 12.8. The van der Waals surface area contributed by atoms with Crippen LogP contribution in [0.1, 0.15) is 26.7 Å². The molecule has 0 heterocycles. The number of nitrogens with one attached hydrogen (secondary N) is 2. The van der Waals surface area contributed by atoms with Gasteiger partial charge in [-0.1, -0.05) is 24.6 Å². The van der Waals surface area contributed by atoms with E-state index in [1.165, 1.54) is 0 Å². The number of halogens is 1. The lowest BCUT2D eigenvalue weighted by atomic mass is 10.2. The van der Waals surface area contributed by atoms with E-state index in [4.69, 9.17) is 27.5 Å². The first-order valence-electron chi connectivity index (χ1n) is 8.32. The van der Waals surface area contributed by atoms with Gasteiger partial charge in [0.1, 0.15) is 5.70 Å². The number of allylic oxidation sites excluding steroid dienone is 1. The molecule has 1 aromatic carbocycles. The number of carbonyl (C=O) groups excluding carboxylic acids is 1. The monoisotopic (exact) mass is 364 g/mol. The number of rotatable bonds is 9. The number of nitrogens with two attached hydrogens (primary N) is 1. The van der Waals surface area contributed by atoms with Crippen molar-refractivity contribution in [2.24, 2.45) is 11.1 Å². The van der Waals surface area contributed by atoms with Crippen LogP contribution in [0.3, 0.4) is 0 Å². The molecule has 0 saturated heterocycles. The molecule has 0 unspecified atom stereocenters. The van der Waals surface area contributed by atoms with Gasteiger partial charge in [0.25, 0.3) is 5.91 Å². The second-order valence-corrected chi connectivity index (χ2v) is 6.90. The molecule has 7 heteroatoms. The van der Waals surface area contributed by atoms with Crippen LogP contribution >= 0.6 is 11.6 Å². The molecule has 1 amide bonds. The SMILES string of the molecule is CCN(CN)/C(C=N)=C(\OCC1(C)CC1)C(=O)Nc1cccc(Cl)c1. The fourth-order valence-corrected chi connectivity index (χ4v) is 2.50. The third-order valence-electron chi connectivity index (χ3n) is 4.27. The van der Waals surface area contributed by atoms with E-state index in [1.807, 2.05) is 6.92 Å². The van der Waals surface area contributed by atoms with Gasteiger partial charge in [-0.25, -0.2) is 0 Å². The van der Waals surface area contributed by atoms with Crippen molar-refractivity contribution >= 4 is 29.4 Å². The fraction of sp³-hybridized carbons (Fsp3) is 0.444. The third kappa shape index (κ3) is 5.21. The lowest BCUT2D eigenvalue weighted by Crippen LogP contribution is -2.33. The minimum absolute atomic E-state index is 0.106. The van der Waals surface area contributed by atoms with Gasteiger partial charge in [0.2, 0.25) is 5.76 Å². The first-order valence-corrected chi connectivity index (χ1v) is 8.69. The molecule has 1 saturated carbocycles. The number of hydrogen-bond acceptors (Lipinski definition) is 5. The van der Waals surface area contributed by atoms with E-state index in [0.717, 1.165) is 19.1 Å². The zero-order chi connectivity index (χ0) is 18.4. The number of benzene rings is 1. The van der Waals surface area contributed by atoms with Crippen LogP contribution in [-0.2, 0) is 9.53 Å². The smallest absolute Gasteiger partial charge is 0.293 e. The molecule has 0 radical (unpaired) electrons. The highest BCUT2D eigenvalue weighted by molar-refractivity contribution is 6.30. The highest BCUT2D eigenvalue weighted by Crippen LogP contribution is 2.45. The van der Waals surface area contributed by atoms with Gasteiger partial charge in [-0.2, -0.15) is 0 Å². The average molecular weight is 365 g/mol. The van der Waals surface area contributed by atoms with E-state index in [-0.39, 0.29) is 17.8 Å². The fourth-order valence-electron chi connectivity index (χ4n) is 2.31. The van der Waals surface area contributed by atoms with Crippen LogP contribution in [0.15, 0.2) is 35.7 Å². The number of hydrogen-bond donors (Lipinski definition) is 3. The molecule has 1 aliphatic rings. The Morgan fingerprint density at radius 2 is 2.24 bits per heavy atom. The van der Waals surface area contributed by atoms with Gasteiger partial charge in [0, 0.05) is 28.9 Å². The van der Waals surface area contributed by atoms with Gasteiger partial charge >= 0.3 is 0 Å². The van der Waals surface area contributed by atoms with E-state index < -0.39 is 5.91 Å². The summed E-state index contributed by atoms with van der Waals surface area (Å²) in [6.45, 7) is 5.21. The highest BCUT2D eigenvalue weighted by atomic mass is 35.5. The Labute approximate surface area is 153 Å². The zero-order valence-corrected chi connectivity index (χ0v) is 15.4. The summed E-state index contributed by atoms with van der Waals surface area (Å²) in [6, 6.07) is 6.88. The Morgan fingerprint density at radius 3 is 2.76 bits per heavy atom. The van der Waals surface area contributed by atoms with Crippen molar-refractivity contribution in [3.05, 3.63) is 40.7 Å². The Morgan fingerprint density at radius 1 is 1.52 bits per heavy atom. The molecule has 4 N–H and O–H groups in total. The molecule has 0 spiro atoms. The second kappa shape index (κ2) is 8.36. The van der Waals surface area contributed by atoms with Crippen LogP contribution in [0, 0.1) is 10.8 Å². The normalized spacial score (nSPS) is 15.8. The summed E-state index contributed by atoms with van der Waals surface area (Å²) in [7, 11) is 0. The van der Waals surface area contributed by atoms with E-state index in [0.29, 0.717) is 29.6 Å². The molecule has 136 valence electrons. The predicted octanol–water partition coefficient (Wildman–Crippen LogP) is 3.19. The third-order valence-corrected chi connectivity index (χ3v) is 4.50. The Balaban J connectivity index is 2.28. The van der Waals surface area contributed by atoms with E-state index >= 15 is 0 Å². The predicted molar refractivity (Wildman–Crippen MR) is 101 cm³/mol. The molecular weight excluding hydrogens is 340 g/mol. The van der Waals surface area contributed by atoms with Gasteiger partial charge in [0.05, 0.1) is 13.3 Å². The summed E-state index contributed by atoms with van der Waals surface area (Å²) in [4.78, 5) is 14.5. The van der Waals surface area contributed by atoms with Crippen molar-refractivity contribution in [3.63, 3.8) is 0 Å². The van der Waals surface area contributed by atoms with Gasteiger partial charge < -0.3 is 26.1 Å². The number of carbonyl (C=O) groups is 1. The molecule has 1 aromatic rings. The summed E-state index contributed by atoms with van der Waals surface area (Å²) in [5, 5.41) is 11.0. The van der Waals surface area contributed by atoms with Crippen molar-refractivity contribution in [1.82, 2.24) is 4.90 Å². The number of nitrogens with zero attached hydrogens (tertiary/aromatic N) is 1. The molecule has 0 aromatic heterocycles. The summed E-state index contributed by atoms with van der Waals surface area (Å²) < 4.78 is 5.86. The van der Waals surface area contributed by atoms with Gasteiger partial charge in [0.15, 0.2) is 0 Å². The van der Waals surface area contributed by atoms with Gasteiger partial charge in [-0.05, 0) is 38.0 Å². The Hall–Kier alpha value is -2.05. The molecular formula is C18H25ClN4O2. The number of ether oxygens (including phenoxy) is 1. The summed E-state index contributed by atoms with van der Waals surface area (Å²) in [5.41, 5.74) is 6.79. The Bertz CT molecular complexity index is 667. The first-order chi connectivity index (χ1) is 11.9. The van der Waals surface area contributed by atoms with Gasteiger partial charge in [-0.3, -0.25) is 4.79 Å². The van der Waals surface area contributed by atoms with Crippen LogP contribution < -0.4 is 11.1 Å². The lowest BCUT2D eigenvalue weighted by Gasteiger charge is -2.24. The van der Waals surface area contributed by atoms with Crippen LogP contribution in [0.2, 0.25) is 5.02 Å². The number of amides is 1. The van der Waals surface area contributed by atoms with Crippen LogP contribution in [0.4, 0.5) is 5.69 Å². The maximum absolute atomic E-state index is 12.8. The molecule has 2 rings (SSSR count). The molecule has 1 fully saturated rings. The zero-order valence-electron chi connectivity index (χ0n) is 14.6. The van der Waals surface area contributed by atoms with E-state index in [1.54, 1.807) is 29.2 Å². The molecule has 0 aliphatic heterocycles. The topological polar surface area (TPSA) is 91.4 Å². The summed E-state index contributed by atoms with van der Waals surface area (Å²) in [6.07, 6.45) is 3.26. The molecule has 1 aliphatic carbocycles.